The highest BCUT2D eigenvalue weighted by molar-refractivity contribution is 5.93. The van der Waals surface area contributed by atoms with Crippen LogP contribution in [-0.2, 0) is 7.05 Å². The summed E-state index contributed by atoms with van der Waals surface area (Å²) >= 11 is 0. The van der Waals surface area contributed by atoms with Gasteiger partial charge in [0.1, 0.15) is 0 Å². The molecule has 2 atom stereocenters. The first-order valence-electron chi connectivity index (χ1n) is 5.64. The van der Waals surface area contributed by atoms with Crippen molar-refractivity contribution in [2.24, 2.45) is 7.05 Å². The summed E-state index contributed by atoms with van der Waals surface area (Å²) in [6.45, 7) is 0. The second-order valence-electron chi connectivity index (χ2n) is 4.33. The lowest BCUT2D eigenvalue weighted by molar-refractivity contribution is 0.0717. The summed E-state index contributed by atoms with van der Waals surface area (Å²) in [5, 5.41) is 16.5. The standard InChI is InChI=1S/C11H17N3O2/c1-14-7-8(6-12-14)11(16)13-9-4-2-3-5-10(9)15/h6-7,9-10,15H,2-5H2,1H3,(H,13,16). The Hall–Kier alpha value is -1.36. The van der Waals surface area contributed by atoms with E-state index in [4.69, 9.17) is 0 Å². The largest absolute Gasteiger partial charge is 0.391 e. The van der Waals surface area contributed by atoms with Gasteiger partial charge in [-0.1, -0.05) is 12.8 Å². The van der Waals surface area contributed by atoms with Gasteiger partial charge < -0.3 is 10.4 Å². The van der Waals surface area contributed by atoms with Crippen molar-refractivity contribution in [2.45, 2.75) is 37.8 Å². The molecule has 2 N–H and O–H groups in total. The molecule has 5 heteroatoms. The van der Waals surface area contributed by atoms with Crippen molar-refractivity contribution in [1.82, 2.24) is 15.1 Å². The van der Waals surface area contributed by atoms with E-state index in [-0.39, 0.29) is 11.9 Å². The molecule has 1 aromatic heterocycles. The Morgan fingerprint density at radius 2 is 2.31 bits per heavy atom. The molecule has 0 bridgehead atoms. The van der Waals surface area contributed by atoms with Crippen molar-refractivity contribution in [3.05, 3.63) is 18.0 Å². The molecule has 2 rings (SSSR count). The minimum absolute atomic E-state index is 0.110. The number of aromatic nitrogens is 2. The molecule has 5 nitrogen and oxygen atoms in total. The third-order valence-electron chi connectivity index (χ3n) is 3.01. The van der Waals surface area contributed by atoms with Gasteiger partial charge in [0.2, 0.25) is 0 Å². The Labute approximate surface area is 94.5 Å². The number of amides is 1. The molecule has 1 heterocycles. The topological polar surface area (TPSA) is 67.2 Å². The van der Waals surface area contributed by atoms with Crippen molar-refractivity contribution in [2.75, 3.05) is 0 Å². The molecule has 0 radical (unpaired) electrons. The number of aliphatic hydroxyl groups excluding tert-OH is 1. The maximum absolute atomic E-state index is 11.8. The van der Waals surface area contributed by atoms with Gasteiger partial charge >= 0.3 is 0 Å². The third kappa shape index (κ3) is 2.41. The lowest BCUT2D eigenvalue weighted by Gasteiger charge is -2.28. The lowest BCUT2D eigenvalue weighted by atomic mass is 9.92. The monoisotopic (exact) mass is 223 g/mol. The molecule has 1 fully saturated rings. The maximum Gasteiger partial charge on any atom is 0.254 e. The second-order valence-corrected chi connectivity index (χ2v) is 4.33. The van der Waals surface area contributed by atoms with Gasteiger partial charge in [0.05, 0.1) is 23.9 Å². The summed E-state index contributed by atoms with van der Waals surface area (Å²) in [6, 6.07) is -0.110. The molecule has 88 valence electrons. The average molecular weight is 223 g/mol. The number of aryl methyl sites for hydroxylation is 1. The molecule has 16 heavy (non-hydrogen) atoms. The van der Waals surface area contributed by atoms with E-state index < -0.39 is 6.10 Å². The van der Waals surface area contributed by atoms with Crippen molar-refractivity contribution in [1.29, 1.82) is 0 Å². The number of carbonyl (C=O) groups is 1. The van der Waals surface area contributed by atoms with Crippen LogP contribution >= 0.6 is 0 Å². The van der Waals surface area contributed by atoms with Crippen LogP contribution in [0.3, 0.4) is 0 Å². The lowest BCUT2D eigenvalue weighted by Crippen LogP contribution is -2.44. The molecular weight excluding hydrogens is 206 g/mol. The summed E-state index contributed by atoms with van der Waals surface area (Å²) in [5.74, 6) is -0.154. The zero-order chi connectivity index (χ0) is 11.5. The van der Waals surface area contributed by atoms with E-state index in [2.05, 4.69) is 10.4 Å². The van der Waals surface area contributed by atoms with Crippen LogP contribution in [0.2, 0.25) is 0 Å². The Morgan fingerprint density at radius 1 is 1.56 bits per heavy atom. The highest BCUT2D eigenvalue weighted by Crippen LogP contribution is 2.18. The molecular formula is C11H17N3O2. The Kier molecular flexibility index (Phi) is 3.24. The smallest absolute Gasteiger partial charge is 0.254 e. The number of nitrogens with zero attached hydrogens (tertiary/aromatic N) is 2. The van der Waals surface area contributed by atoms with E-state index in [1.54, 1.807) is 17.9 Å². The molecule has 1 saturated carbocycles. The maximum atomic E-state index is 11.8. The summed E-state index contributed by atoms with van der Waals surface area (Å²) in [4.78, 5) is 11.8. The molecule has 1 amide bonds. The van der Waals surface area contributed by atoms with Gasteiger partial charge in [-0.05, 0) is 12.8 Å². The van der Waals surface area contributed by atoms with Gasteiger partial charge in [0.15, 0.2) is 0 Å². The molecule has 2 unspecified atom stereocenters. The molecule has 0 saturated heterocycles. The first kappa shape index (κ1) is 11.1. The minimum atomic E-state index is -0.408. The highest BCUT2D eigenvalue weighted by Gasteiger charge is 2.25. The molecule has 0 spiro atoms. The number of hydrogen-bond acceptors (Lipinski definition) is 3. The first-order chi connectivity index (χ1) is 7.66. The van der Waals surface area contributed by atoms with E-state index in [1.807, 2.05) is 0 Å². The van der Waals surface area contributed by atoms with Crippen molar-refractivity contribution in [3.63, 3.8) is 0 Å². The summed E-state index contributed by atoms with van der Waals surface area (Å²) in [5.41, 5.74) is 0.542. The summed E-state index contributed by atoms with van der Waals surface area (Å²) < 4.78 is 1.59. The Bertz CT molecular complexity index is 375. The van der Waals surface area contributed by atoms with E-state index in [9.17, 15) is 9.90 Å². The number of hydrogen-bond donors (Lipinski definition) is 2. The predicted octanol–water partition coefficient (Wildman–Crippen LogP) is 0.453. The predicted molar refractivity (Wildman–Crippen MR) is 58.9 cm³/mol. The van der Waals surface area contributed by atoms with Crippen LogP contribution in [0.15, 0.2) is 12.4 Å². The third-order valence-corrected chi connectivity index (χ3v) is 3.01. The van der Waals surface area contributed by atoms with Crippen LogP contribution in [0.5, 0.6) is 0 Å². The Morgan fingerprint density at radius 3 is 2.94 bits per heavy atom. The number of rotatable bonds is 2. The molecule has 1 aromatic rings. The van der Waals surface area contributed by atoms with Crippen LogP contribution in [0.1, 0.15) is 36.0 Å². The minimum Gasteiger partial charge on any atom is -0.391 e. The van der Waals surface area contributed by atoms with Gasteiger partial charge in [-0.3, -0.25) is 9.48 Å². The van der Waals surface area contributed by atoms with Crippen LogP contribution in [-0.4, -0.2) is 32.9 Å². The zero-order valence-corrected chi connectivity index (χ0v) is 9.39. The van der Waals surface area contributed by atoms with Crippen LogP contribution < -0.4 is 5.32 Å². The molecule has 0 aromatic carbocycles. The fourth-order valence-corrected chi connectivity index (χ4v) is 2.07. The van der Waals surface area contributed by atoms with E-state index >= 15 is 0 Å². The quantitative estimate of drug-likeness (QED) is 0.765. The van der Waals surface area contributed by atoms with Crippen LogP contribution in [0.25, 0.3) is 0 Å². The van der Waals surface area contributed by atoms with Gasteiger partial charge in [0.25, 0.3) is 5.91 Å². The van der Waals surface area contributed by atoms with Crippen LogP contribution in [0.4, 0.5) is 0 Å². The van der Waals surface area contributed by atoms with E-state index in [0.717, 1.165) is 25.7 Å². The first-order valence-corrected chi connectivity index (χ1v) is 5.64. The normalized spacial score (nSPS) is 25.4. The van der Waals surface area contributed by atoms with Crippen LogP contribution in [0, 0.1) is 0 Å². The van der Waals surface area contributed by atoms with E-state index in [1.165, 1.54) is 6.20 Å². The molecule has 1 aliphatic carbocycles. The zero-order valence-electron chi connectivity index (χ0n) is 9.39. The van der Waals surface area contributed by atoms with Gasteiger partial charge in [0, 0.05) is 13.2 Å². The molecule has 0 aliphatic heterocycles. The second kappa shape index (κ2) is 4.65. The average Bonchev–Trinajstić information content (AvgIpc) is 2.68. The van der Waals surface area contributed by atoms with Gasteiger partial charge in [-0.15, -0.1) is 0 Å². The van der Waals surface area contributed by atoms with Crippen molar-refractivity contribution >= 4 is 5.91 Å². The SMILES string of the molecule is Cn1cc(C(=O)NC2CCCCC2O)cn1. The van der Waals surface area contributed by atoms with Crippen molar-refractivity contribution in [3.8, 4) is 0 Å². The van der Waals surface area contributed by atoms with Gasteiger partial charge in [-0.2, -0.15) is 5.10 Å². The number of carbonyl (C=O) groups excluding carboxylic acids is 1. The van der Waals surface area contributed by atoms with Crippen molar-refractivity contribution < 1.29 is 9.90 Å². The van der Waals surface area contributed by atoms with E-state index in [0.29, 0.717) is 5.56 Å². The Balaban J connectivity index is 1.96. The molecule has 1 aliphatic rings. The number of aliphatic hydroxyl groups is 1. The summed E-state index contributed by atoms with van der Waals surface area (Å²) in [6.07, 6.45) is 6.53. The fraction of sp³-hybridized carbons (Fsp3) is 0.636. The number of nitrogens with one attached hydrogen (secondary N) is 1. The van der Waals surface area contributed by atoms with Gasteiger partial charge in [-0.25, -0.2) is 0 Å². The highest BCUT2D eigenvalue weighted by atomic mass is 16.3. The summed E-state index contributed by atoms with van der Waals surface area (Å²) in [7, 11) is 1.77. The fourth-order valence-electron chi connectivity index (χ4n) is 2.07.